The van der Waals surface area contributed by atoms with E-state index in [1.165, 1.54) is 24.1 Å². The topological polar surface area (TPSA) is 0 Å². The molecule has 0 saturated heterocycles. The van der Waals surface area contributed by atoms with Gasteiger partial charge in [0, 0.05) is 6.07 Å². The van der Waals surface area contributed by atoms with Crippen LogP contribution in [-0.2, 0) is 17.7 Å². The zero-order chi connectivity index (χ0) is 36.4. The van der Waals surface area contributed by atoms with E-state index < -0.39 is 39.7 Å². The van der Waals surface area contributed by atoms with Crippen LogP contribution in [0.15, 0.2) is 88.3 Å². The molecule has 0 aromatic heterocycles. The summed E-state index contributed by atoms with van der Waals surface area (Å²) >= 11 is 6.95. The van der Waals surface area contributed by atoms with E-state index in [4.69, 9.17) is 0 Å². The first-order valence-corrected chi connectivity index (χ1v) is 17.3. The van der Waals surface area contributed by atoms with Gasteiger partial charge in [-0.15, -0.1) is 0 Å². The summed E-state index contributed by atoms with van der Waals surface area (Å²) in [5.74, 6) is -3.63. The van der Waals surface area contributed by atoms with Crippen molar-refractivity contribution in [1.82, 2.24) is 0 Å². The van der Waals surface area contributed by atoms with Gasteiger partial charge in [0.1, 0.15) is 32.2 Å². The maximum absolute atomic E-state index is 13.7. The minimum absolute atomic E-state index is 0. The summed E-state index contributed by atoms with van der Waals surface area (Å²) in [7, 11) is 0. The normalized spacial score (nSPS) is 10.3. The van der Waals surface area contributed by atoms with E-state index in [2.05, 4.69) is 59.6 Å². The predicted molar refractivity (Wildman–Crippen MR) is 192 cm³/mol. The molecule has 4 aromatic carbocycles. The second-order valence-corrected chi connectivity index (χ2v) is 13.9. The summed E-state index contributed by atoms with van der Waals surface area (Å²) in [6.07, 6.45) is 4.57. The van der Waals surface area contributed by atoms with E-state index >= 15 is 0 Å². The van der Waals surface area contributed by atoms with Crippen LogP contribution in [0, 0.1) is 30.2 Å². The van der Waals surface area contributed by atoms with Gasteiger partial charge in [0.25, 0.3) is 6.08 Å². The molecule has 0 amide bonds. The molecule has 4 aromatic rings. The Hall–Kier alpha value is -1.90. The number of hydrogen-bond donors (Lipinski definition) is 0. The second kappa shape index (κ2) is 24.3. The van der Waals surface area contributed by atoms with Crippen molar-refractivity contribution >= 4 is 47.8 Å². The Balaban J connectivity index is 0.000000735. The van der Waals surface area contributed by atoms with Crippen molar-refractivity contribution in [2.75, 3.05) is 0 Å². The molecule has 262 valence electrons. The van der Waals surface area contributed by atoms with Crippen LogP contribution < -0.4 is 18.9 Å². The van der Waals surface area contributed by atoms with Crippen molar-refractivity contribution in [1.29, 1.82) is 0 Å². The summed E-state index contributed by atoms with van der Waals surface area (Å²) in [5.41, 5.74) is 3.31. The standard InChI is InChI=1S/C16H13BrF4.C15H14F2.C4H9.C2Br2F2.Li/c1-2-3-10-4-6-11(7-5-10)12-8-13(18)15(14(19)9-12)16(17,20)21;1-2-3-11-4-6-12(7-5-11)13-8-14(16)10-15(17)9-13;1-3-4-2;3-1(4)2(5)6;/h4-9H,2-3H2,1H3;4-10H,2-3H2,1H3;1,3-4H2,2H3;;/q;;-1;;+1. The Labute approximate surface area is 321 Å². The van der Waals surface area contributed by atoms with Crippen LogP contribution in [0.1, 0.15) is 63.1 Å². The number of unbranched alkanes of at least 4 members (excludes halogenated alkanes) is 1. The number of rotatable bonds is 8. The van der Waals surface area contributed by atoms with Crippen molar-refractivity contribution in [2.24, 2.45) is 0 Å². The molecule has 0 aliphatic carbocycles. The predicted octanol–water partition coefficient (Wildman–Crippen LogP) is 12.1. The molecule has 0 atom stereocenters. The Morgan fingerprint density at radius 3 is 1.20 bits per heavy atom. The first kappa shape index (κ1) is 47.1. The van der Waals surface area contributed by atoms with Gasteiger partial charge in [-0.2, -0.15) is 24.0 Å². The van der Waals surface area contributed by atoms with E-state index in [0.29, 0.717) is 11.1 Å². The average Bonchev–Trinajstić information content (AvgIpc) is 3.01. The second-order valence-electron chi connectivity index (χ2n) is 10.2. The summed E-state index contributed by atoms with van der Waals surface area (Å²) in [6, 6.07) is 20.4. The molecule has 0 unspecified atom stereocenters. The molecule has 0 heterocycles. The SMILES string of the molecule is CCCc1ccc(-c2cc(F)c(C(F)(F)Br)c(F)c2)cc1.CCCc1ccc(-c2cc(F)cc(F)c2)cc1.FC(F)=C(Br)Br.[CH2-]CCC.[Li+]. The molecule has 0 aliphatic heterocycles. The zero-order valence-electron chi connectivity index (χ0n) is 27.6. The fourth-order valence-corrected chi connectivity index (χ4v) is 4.41. The fourth-order valence-electron chi connectivity index (χ4n) is 4.04. The number of benzene rings is 4. The van der Waals surface area contributed by atoms with Crippen LogP contribution in [0.2, 0.25) is 0 Å². The van der Waals surface area contributed by atoms with Gasteiger partial charge < -0.3 is 6.92 Å². The maximum Gasteiger partial charge on any atom is 1.00 e. The Kier molecular flexibility index (Phi) is 23.4. The molecule has 4 rings (SSSR count). The van der Waals surface area contributed by atoms with Crippen LogP contribution in [0.3, 0.4) is 0 Å². The molecule has 0 aliphatic rings. The van der Waals surface area contributed by atoms with Crippen molar-refractivity contribution in [3.05, 3.63) is 135 Å². The van der Waals surface area contributed by atoms with Crippen LogP contribution in [0.5, 0.6) is 0 Å². The molecule has 0 spiro atoms. The molecule has 0 radical (unpaired) electrons. The van der Waals surface area contributed by atoms with Gasteiger partial charge in [-0.3, -0.25) is 0 Å². The number of hydrogen-bond acceptors (Lipinski definition) is 0. The van der Waals surface area contributed by atoms with Gasteiger partial charge in [-0.1, -0.05) is 88.6 Å². The zero-order valence-corrected chi connectivity index (χ0v) is 32.4. The molecule has 0 bridgehead atoms. The van der Waals surface area contributed by atoms with Crippen LogP contribution >= 0.6 is 47.8 Å². The van der Waals surface area contributed by atoms with Gasteiger partial charge in [-0.05, 0) is 118 Å². The molecular weight excluding hydrogens is 843 g/mol. The van der Waals surface area contributed by atoms with Crippen LogP contribution in [-0.4, -0.2) is 0 Å². The van der Waals surface area contributed by atoms with E-state index in [1.807, 2.05) is 52.3 Å². The molecule has 0 N–H and O–H groups in total. The first-order valence-electron chi connectivity index (χ1n) is 14.9. The van der Waals surface area contributed by atoms with Crippen LogP contribution in [0.4, 0.5) is 35.1 Å². The Bertz CT molecular complexity index is 1510. The number of aryl methyl sites for hydroxylation is 2. The Morgan fingerprint density at radius 2 is 0.939 bits per heavy atom. The van der Waals surface area contributed by atoms with Gasteiger partial charge in [0.05, 0.1) is 0 Å². The minimum atomic E-state index is -3.73. The van der Waals surface area contributed by atoms with E-state index in [-0.39, 0.29) is 27.8 Å². The quantitative estimate of drug-likeness (QED) is 0.0716. The fraction of sp³-hybridized carbons (Fsp3) is 0.270. The van der Waals surface area contributed by atoms with E-state index in [1.54, 1.807) is 12.1 Å². The molecule has 0 saturated carbocycles. The smallest absolute Gasteiger partial charge is 0.343 e. The third-order valence-corrected chi connectivity index (χ3v) is 7.33. The summed E-state index contributed by atoms with van der Waals surface area (Å²) < 4.78 is 101. The summed E-state index contributed by atoms with van der Waals surface area (Å²) in [6.45, 7) is 9.90. The summed E-state index contributed by atoms with van der Waals surface area (Å²) in [4.78, 5) is -3.73. The van der Waals surface area contributed by atoms with Gasteiger partial charge in [0.15, 0.2) is 0 Å². The molecular formula is C37H36Br3F8Li. The van der Waals surface area contributed by atoms with E-state index in [9.17, 15) is 35.1 Å². The third-order valence-electron chi connectivity index (χ3n) is 6.34. The van der Waals surface area contributed by atoms with Crippen LogP contribution in [0.25, 0.3) is 22.3 Å². The Morgan fingerprint density at radius 1 is 0.612 bits per heavy atom. The molecule has 49 heavy (non-hydrogen) atoms. The molecule has 0 fully saturated rings. The van der Waals surface area contributed by atoms with Gasteiger partial charge >= 0.3 is 23.7 Å². The van der Waals surface area contributed by atoms with Crippen molar-refractivity contribution in [2.45, 2.75) is 64.1 Å². The number of alkyl halides is 3. The summed E-state index contributed by atoms with van der Waals surface area (Å²) in [5, 5.41) is 0. The molecule has 0 nitrogen and oxygen atoms in total. The minimum Gasteiger partial charge on any atom is -0.343 e. The molecule has 12 heteroatoms. The largest absolute Gasteiger partial charge is 1.00 e. The number of halogens is 11. The maximum atomic E-state index is 13.7. The third kappa shape index (κ3) is 17.7. The van der Waals surface area contributed by atoms with E-state index in [0.717, 1.165) is 61.4 Å². The van der Waals surface area contributed by atoms with Crippen molar-refractivity contribution in [3.8, 4) is 22.3 Å². The monoisotopic (exact) mass is 876 g/mol. The van der Waals surface area contributed by atoms with Crippen molar-refractivity contribution in [3.63, 3.8) is 0 Å². The average molecular weight is 879 g/mol. The van der Waals surface area contributed by atoms with Gasteiger partial charge in [-0.25, -0.2) is 17.6 Å². The first-order chi connectivity index (χ1) is 22.6. The van der Waals surface area contributed by atoms with Gasteiger partial charge in [0.2, 0.25) is 0 Å². The van der Waals surface area contributed by atoms with Crippen molar-refractivity contribution < 1.29 is 54.0 Å².